The van der Waals surface area contributed by atoms with Gasteiger partial charge in [0.25, 0.3) is 0 Å². The number of aliphatic carboxylic acids is 1. The minimum Gasteiger partial charge on any atom is -0.480 e. The first-order valence-electron chi connectivity index (χ1n) is 6.55. The number of amides is 1. The van der Waals surface area contributed by atoms with Crippen LogP contribution in [0.3, 0.4) is 0 Å². The second-order valence-electron chi connectivity index (χ2n) is 5.66. The second kappa shape index (κ2) is 4.31. The van der Waals surface area contributed by atoms with Gasteiger partial charge in [0.15, 0.2) is 0 Å². The van der Waals surface area contributed by atoms with E-state index in [-0.39, 0.29) is 11.8 Å². The van der Waals surface area contributed by atoms with Crippen LogP contribution in [-0.2, 0) is 9.59 Å². The molecule has 1 amide bonds. The zero-order valence-corrected chi connectivity index (χ0v) is 10.5. The molecule has 3 unspecified atom stereocenters. The van der Waals surface area contributed by atoms with Gasteiger partial charge in [0.2, 0.25) is 5.91 Å². The van der Waals surface area contributed by atoms with E-state index in [0.29, 0.717) is 18.3 Å². The van der Waals surface area contributed by atoms with Crippen molar-refractivity contribution in [2.24, 2.45) is 17.8 Å². The van der Waals surface area contributed by atoms with E-state index in [2.05, 4.69) is 5.32 Å². The van der Waals surface area contributed by atoms with Crippen LogP contribution < -0.4 is 5.32 Å². The Bertz CT molecular complexity index is 332. The van der Waals surface area contributed by atoms with Crippen LogP contribution in [0.25, 0.3) is 0 Å². The molecule has 96 valence electrons. The van der Waals surface area contributed by atoms with Gasteiger partial charge in [0.1, 0.15) is 5.54 Å². The van der Waals surface area contributed by atoms with Gasteiger partial charge in [-0.05, 0) is 38.0 Å². The zero-order valence-electron chi connectivity index (χ0n) is 10.5. The predicted octanol–water partition coefficient (Wildman–Crippen LogP) is 1.79. The molecule has 0 aromatic carbocycles. The average Bonchev–Trinajstić information content (AvgIpc) is 2.73. The van der Waals surface area contributed by atoms with Crippen molar-refractivity contribution in [3.63, 3.8) is 0 Å². The minimum absolute atomic E-state index is 0.0435. The first kappa shape index (κ1) is 12.4. The van der Waals surface area contributed by atoms with Crippen molar-refractivity contribution in [1.29, 1.82) is 0 Å². The Labute approximate surface area is 102 Å². The lowest BCUT2D eigenvalue weighted by molar-refractivity contribution is -0.147. The third-order valence-electron chi connectivity index (χ3n) is 4.33. The summed E-state index contributed by atoms with van der Waals surface area (Å²) in [5.74, 6) is 0.195. The number of carbonyl (C=O) groups is 2. The van der Waals surface area contributed by atoms with Gasteiger partial charge in [-0.15, -0.1) is 0 Å². The second-order valence-corrected chi connectivity index (χ2v) is 5.66. The zero-order chi connectivity index (χ0) is 12.6. The summed E-state index contributed by atoms with van der Waals surface area (Å²) in [4.78, 5) is 23.3. The Morgan fingerprint density at radius 2 is 1.94 bits per heavy atom. The lowest BCUT2D eigenvalue weighted by Crippen LogP contribution is -2.52. The van der Waals surface area contributed by atoms with E-state index < -0.39 is 11.5 Å². The van der Waals surface area contributed by atoms with Crippen molar-refractivity contribution >= 4 is 11.9 Å². The molecule has 0 aromatic rings. The number of nitrogens with one attached hydrogen (secondary N) is 1. The molecule has 0 bridgehead atoms. The summed E-state index contributed by atoms with van der Waals surface area (Å²) in [7, 11) is 0. The number of hydrogen-bond acceptors (Lipinski definition) is 2. The molecular weight excluding hydrogens is 218 g/mol. The standard InChI is InChI=1S/C13H21NO3/c1-3-7-13(2,12(16)17)14-11(15)10-8-5-4-6-9(8)10/h8-10H,3-7H2,1-2H3,(H,14,15)(H,16,17). The van der Waals surface area contributed by atoms with E-state index in [4.69, 9.17) is 0 Å². The number of carboxylic acids is 1. The molecule has 2 N–H and O–H groups in total. The molecular formula is C13H21NO3. The largest absolute Gasteiger partial charge is 0.480 e. The van der Waals surface area contributed by atoms with Crippen molar-refractivity contribution in [3.05, 3.63) is 0 Å². The molecule has 0 radical (unpaired) electrons. The van der Waals surface area contributed by atoms with Crippen molar-refractivity contribution in [2.45, 2.75) is 51.5 Å². The summed E-state index contributed by atoms with van der Waals surface area (Å²) in [5, 5.41) is 11.9. The molecule has 4 nitrogen and oxygen atoms in total. The van der Waals surface area contributed by atoms with E-state index >= 15 is 0 Å². The molecule has 0 aromatic heterocycles. The number of carbonyl (C=O) groups excluding carboxylic acids is 1. The van der Waals surface area contributed by atoms with Crippen LogP contribution in [0, 0.1) is 17.8 Å². The van der Waals surface area contributed by atoms with Crippen molar-refractivity contribution in [3.8, 4) is 0 Å². The molecule has 2 fully saturated rings. The average molecular weight is 239 g/mol. The summed E-state index contributed by atoms with van der Waals surface area (Å²) in [6, 6.07) is 0. The molecule has 0 heterocycles. The van der Waals surface area contributed by atoms with E-state index in [1.54, 1.807) is 6.92 Å². The summed E-state index contributed by atoms with van der Waals surface area (Å²) in [6.07, 6.45) is 4.74. The molecule has 0 aliphatic heterocycles. The number of carboxylic acid groups (broad SMARTS) is 1. The topological polar surface area (TPSA) is 66.4 Å². The van der Waals surface area contributed by atoms with E-state index in [1.165, 1.54) is 6.42 Å². The Morgan fingerprint density at radius 1 is 1.35 bits per heavy atom. The van der Waals surface area contributed by atoms with Crippen LogP contribution in [0.5, 0.6) is 0 Å². The Morgan fingerprint density at radius 3 is 2.41 bits per heavy atom. The van der Waals surface area contributed by atoms with Gasteiger partial charge in [-0.25, -0.2) is 4.79 Å². The van der Waals surface area contributed by atoms with Gasteiger partial charge in [0, 0.05) is 5.92 Å². The summed E-state index contributed by atoms with van der Waals surface area (Å²) in [6.45, 7) is 3.54. The van der Waals surface area contributed by atoms with Gasteiger partial charge in [-0.1, -0.05) is 19.8 Å². The van der Waals surface area contributed by atoms with Crippen molar-refractivity contribution < 1.29 is 14.7 Å². The number of fused-ring (bicyclic) bond motifs is 1. The normalized spacial score (nSPS) is 33.6. The van der Waals surface area contributed by atoms with Crippen molar-refractivity contribution in [2.75, 3.05) is 0 Å². The van der Waals surface area contributed by atoms with Gasteiger partial charge in [-0.2, -0.15) is 0 Å². The highest BCUT2D eigenvalue weighted by Gasteiger charge is 2.57. The lowest BCUT2D eigenvalue weighted by atomic mass is 9.95. The Kier molecular flexibility index (Phi) is 3.15. The van der Waals surface area contributed by atoms with Crippen LogP contribution in [0.4, 0.5) is 0 Å². The molecule has 4 heteroatoms. The molecule has 2 aliphatic carbocycles. The van der Waals surface area contributed by atoms with Crippen molar-refractivity contribution in [1.82, 2.24) is 5.32 Å². The molecule has 17 heavy (non-hydrogen) atoms. The van der Waals surface area contributed by atoms with Gasteiger partial charge in [-0.3, -0.25) is 4.79 Å². The van der Waals surface area contributed by atoms with Crippen LogP contribution in [0.1, 0.15) is 46.0 Å². The van der Waals surface area contributed by atoms with Gasteiger partial charge < -0.3 is 10.4 Å². The smallest absolute Gasteiger partial charge is 0.329 e. The van der Waals surface area contributed by atoms with Crippen LogP contribution in [0.15, 0.2) is 0 Å². The highest BCUT2D eigenvalue weighted by molar-refractivity contribution is 5.89. The quantitative estimate of drug-likeness (QED) is 0.768. The minimum atomic E-state index is -1.09. The summed E-state index contributed by atoms with van der Waals surface area (Å²) in [5.41, 5.74) is -1.09. The van der Waals surface area contributed by atoms with E-state index in [1.807, 2.05) is 6.92 Å². The Hall–Kier alpha value is -1.06. The number of rotatable bonds is 5. The summed E-state index contributed by atoms with van der Waals surface area (Å²) >= 11 is 0. The fourth-order valence-corrected chi connectivity index (χ4v) is 3.29. The fraction of sp³-hybridized carbons (Fsp3) is 0.846. The van der Waals surface area contributed by atoms with Crippen LogP contribution >= 0.6 is 0 Å². The Balaban J connectivity index is 1.95. The van der Waals surface area contributed by atoms with E-state index in [9.17, 15) is 14.7 Å². The third-order valence-corrected chi connectivity index (χ3v) is 4.33. The highest BCUT2D eigenvalue weighted by atomic mass is 16.4. The summed E-state index contributed by atoms with van der Waals surface area (Å²) < 4.78 is 0. The maximum absolute atomic E-state index is 12.0. The van der Waals surface area contributed by atoms with Gasteiger partial charge >= 0.3 is 5.97 Å². The van der Waals surface area contributed by atoms with Crippen LogP contribution in [0.2, 0.25) is 0 Å². The fourth-order valence-electron chi connectivity index (χ4n) is 3.29. The molecule has 3 atom stereocenters. The lowest BCUT2D eigenvalue weighted by Gasteiger charge is -2.26. The number of hydrogen-bond donors (Lipinski definition) is 2. The van der Waals surface area contributed by atoms with Crippen LogP contribution in [-0.4, -0.2) is 22.5 Å². The maximum atomic E-state index is 12.0. The molecule has 0 saturated heterocycles. The first-order valence-corrected chi connectivity index (χ1v) is 6.55. The molecule has 2 saturated carbocycles. The first-order chi connectivity index (χ1) is 7.99. The maximum Gasteiger partial charge on any atom is 0.329 e. The highest BCUT2D eigenvalue weighted by Crippen LogP contribution is 2.57. The van der Waals surface area contributed by atoms with E-state index in [0.717, 1.165) is 19.3 Å². The monoisotopic (exact) mass is 239 g/mol. The third kappa shape index (κ3) is 2.17. The van der Waals surface area contributed by atoms with Gasteiger partial charge in [0.05, 0.1) is 0 Å². The predicted molar refractivity (Wildman–Crippen MR) is 63.4 cm³/mol. The molecule has 2 rings (SSSR count). The SMILES string of the molecule is CCCC(C)(NC(=O)C1C2CCCC21)C(=O)O. The molecule has 0 spiro atoms. The molecule has 2 aliphatic rings.